The monoisotopic (exact) mass is 422 g/mol. The first-order valence-corrected chi connectivity index (χ1v) is 7.41. The third kappa shape index (κ3) is 3.56. The summed E-state index contributed by atoms with van der Waals surface area (Å²) >= 11 is 14.0. The molecule has 0 atom stereocenters. The second kappa shape index (κ2) is 6.65. The molecule has 0 aliphatic rings. The molecule has 0 spiro atoms. The van der Waals surface area contributed by atoms with E-state index in [0.717, 1.165) is 3.57 Å². The minimum Gasteiger partial charge on any atom is -0.488 e. The van der Waals surface area contributed by atoms with Crippen molar-refractivity contribution in [2.75, 3.05) is 0 Å². The molecule has 0 saturated carbocycles. The van der Waals surface area contributed by atoms with E-state index in [2.05, 4.69) is 0 Å². The summed E-state index contributed by atoms with van der Waals surface area (Å²) in [6, 6.07) is 10.2. The number of hydrogen-bond acceptors (Lipinski definition) is 2. The zero-order valence-corrected chi connectivity index (χ0v) is 13.7. The van der Waals surface area contributed by atoms with Crippen molar-refractivity contribution in [2.45, 2.75) is 6.61 Å². The van der Waals surface area contributed by atoms with E-state index < -0.39 is 5.97 Å². The van der Waals surface area contributed by atoms with Gasteiger partial charge in [0.05, 0.1) is 10.0 Å². The second-order valence-corrected chi connectivity index (χ2v) is 5.98. The van der Waals surface area contributed by atoms with Crippen molar-refractivity contribution in [1.82, 2.24) is 0 Å². The molecular weight excluding hydrogens is 414 g/mol. The highest BCUT2D eigenvalue weighted by atomic mass is 127. The standard InChI is InChI=1S/C14H9Cl2IO3/c15-11-3-1-2-8(13(11)16)7-20-12-5-4-9(17)6-10(12)14(18)19/h1-6H,7H2,(H,18,19). The van der Waals surface area contributed by atoms with Gasteiger partial charge >= 0.3 is 5.97 Å². The maximum atomic E-state index is 11.2. The van der Waals surface area contributed by atoms with E-state index in [-0.39, 0.29) is 12.2 Å². The molecule has 0 amide bonds. The molecule has 0 heterocycles. The lowest BCUT2D eigenvalue weighted by Crippen LogP contribution is -2.04. The lowest BCUT2D eigenvalue weighted by molar-refractivity contribution is 0.0691. The Labute approximate surface area is 139 Å². The van der Waals surface area contributed by atoms with Gasteiger partial charge in [-0.25, -0.2) is 4.79 Å². The molecule has 0 aromatic heterocycles. The molecule has 0 fully saturated rings. The molecule has 0 radical (unpaired) electrons. The minimum absolute atomic E-state index is 0.120. The zero-order valence-electron chi connectivity index (χ0n) is 10.1. The van der Waals surface area contributed by atoms with Gasteiger partial charge in [-0.2, -0.15) is 0 Å². The lowest BCUT2D eigenvalue weighted by atomic mass is 10.2. The third-order valence-corrected chi connectivity index (χ3v) is 4.12. The number of halogens is 3. The first-order chi connectivity index (χ1) is 9.49. The van der Waals surface area contributed by atoms with E-state index in [4.69, 9.17) is 33.0 Å². The summed E-state index contributed by atoms with van der Waals surface area (Å²) in [6.45, 7) is 0.153. The van der Waals surface area contributed by atoms with Crippen LogP contribution in [0.15, 0.2) is 36.4 Å². The Hall–Kier alpha value is -0.980. The highest BCUT2D eigenvalue weighted by Crippen LogP contribution is 2.28. The van der Waals surface area contributed by atoms with Crippen LogP contribution in [0.1, 0.15) is 15.9 Å². The molecule has 2 rings (SSSR count). The summed E-state index contributed by atoms with van der Waals surface area (Å²) < 4.78 is 6.38. The van der Waals surface area contributed by atoms with Crippen LogP contribution in [0.2, 0.25) is 10.0 Å². The van der Waals surface area contributed by atoms with Gasteiger partial charge in [0.15, 0.2) is 0 Å². The molecule has 0 bridgehead atoms. The predicted molar refractivity (Wildman–Crippen MR) is 86.9 cm³/mol. The van der Waals surface area contributed by atoms with Crippen molar-refractivity contribution in [2.24, 2.45) is 0 Å². The number of benzene rings is 2. The normalized spacial score (nSPS) is 10.3. The van der Waals surface area contributed by atoms with Gasteiger partial charge in [-0.3, -0.25) is 0 Å². The van der Waals surface area contributed by atoms with E-state index >= 15 is 0 Å². The van der Waals surface area contributed by atoms with Gasteiger partial charge in [0.25, 0.3) is 0 Å². The summed E-state index contributed by atoms with van der Waals surface area (Å²) in [5.74, 6) is -0.732. The first kappa shape index (κ1) is 15.4. The van der Waals surface area contributed by atoms with Crippen LogP contribution in [-0.4, -0.2) is 11.1 Å². The van der Waals surface area contributed by atoms with E-state index in [0.29, 0.717) is 21.4 Å². The van der Waals surface area contributed by atoms with E-state index in [1.807, 2.05) is 22.6 Å². The molecule has 2 aromatic rings. The van der Waals surface area contributed by atoms with Crippen LogP contribution in [0.5, 0.6) is 5.75 Å². The summed E-state index contributed by atoms with van der Waals surface area (Å²) in [7, 11) is 0. The second-order valence-electron chi connectivity index (χ2n) is 3.95. The molecule has 20 heavy (non-hydrogen) atoms. The fourth-order valence-corrected chi connectivity index (χ4v) is 2.48. The number of hydrogen-bond donors (Lipinski definition) is 1. The summed E-state index contributed by atoms with van der Waals surface area (Å²) in [6.07, 6.45) is 0. The molecule has 104 valence electrons. The predicted octanol–water partition coefficient (Wildman–Crippen LogP) is 4.88. The molecule has 0 unspecified atom stereocenters. The Balaban J connectivity index is 2.23. The smallest absolute Gasteiger partial charge is 0.339 e. The third-order valence-electron chi connectivity index (χ3n) is 2.59. The fourth-order valence-electron chi connectivity index (χ4n) is 1.61. The topological polar surface area (TPSA) is 46.5 Å². The molecule has 6 heteroatoms. The summed E-state index contributed by atoms with van der Waals surface area (Å²) in [5.41, 5.74) is 0.823. The van der Waals surface area contributed by atoms with Crippen LogP contribution in [0.25, 0.3) is 0 Å². The maximum Gasteiger partial charge on any atom is 0.339 e. The number of carboxylic acid groups (broad SMARTS) is 1. The van der Waals surface area contributed by atoms with Gasteiger partial charge in [0.1, 0.15) is 17.9 Å². The van der Waals surface area contributed by atoms with Gasteiger partial charge in [-0.15, -0.1) is 0 Å². The Morgan fingerprint density at radius 3 is 2.70 bits per heavy atom. The average molecular weight is 423 g/mol. The molecule has 0 aliphatic heterocycles. The number of aromatic carboxylic acids is 1. The minimum atomic E-state index is -1.03. The van der Waals surface area contributed by atoms with E-state index in [1.54, 1.807) is 36.4 Å². The molecule has 2 aromatic carbocycles. The molecular formula is C14H9Cl2IO3. The highest BCUT2D eigenvalue weighted by molar-refractivity contribution is 14.1. The van der Waals surface area contributed by atoms with Crippen molar-refractivity contribution < 1.29 is 14.6 Å². The van der Waals surface area contributed by atoms with Crippen molar-refractivity contribution in [1.29, 1.82) is 0 Å². The van der Waals surface area contributed by atoms with Gasteiger partial charge in [-0.05, 0) is 46.9 Å². The maximum absolute atomic E-state index is 11.2. The Bertz CT molecular complexity index is 659. The van der Waals surface area contributed by atoms with Gasteiger partial charge in [-0.1, -0.05) is 35.3 Å². The quantitative estimate of drug-likeness (QED) is 0.714. The average Bonchev–Trinajstić information content (AvgIpc) is 2.41. The van der Waals surface area contributed by atoms with Crippen LogP contribution in [0.4, 0.5) is 0 Å². The molecule has 3 nitrogen and oxygen atoms in total. The van der Waals surface area contributed by atoms with Crippen molar-refractivity contribution in [3.8, 4) is 5.75 Å². The Morgan fingerprint density at radius 1 is 1.25 bits per heavy atom. The van der Waals surface area contributed by atoms with Crippen LogP contribution >= 0.6 is 45.8 Å². The van der Waals surface area contributed by atoms with E-state index in [1.165, 1.54) is 0 Å². The van der Waals surface area contributed by atoms with Gasteiger partial charge in [0.2, 0.25) is 0 Å². The van der Waals surface area contributed by atoms with Gasteiger partial charge < -0.3 is 9.84 Å². The van der Waals surface area contributed by atoms with Crippen molar-refractivity contribution >= 4 is 51.8 Å². The largest absolute Gasteiger partial charge is 0.488 e. The summed E-state index contributed by atoms with van der Waals surface area (Å²) in [4.78, 5) is 11.2. The van der Waals surface area contributed by atoms with Crippen LogP contribution in [0.3, 0.4) is 0 Å². The Morgan fingerprint density at radius 2 is 2.00 bits per heavy atom. The van der Waals surface area contributed by atoms with Crippen LogP contribution in [0, 0.1) is 3.57 Å². The van der Waals surface area contributed by atoms with Gasteiger partial charge in [0, 0.05) is 9.13 Å². The SMILES string of the molecule is O=C(O)c1cc(I)ccc1OCc1cccc(Cl)c1Cl. The van der Waals surface area contributed by atoms with E-state index in [9.17, 15) is 4.79 Å². The molecule has 0 saturated heterocycles. The van der Waals surface area contributed by atoms with Crippen molar-refractivity contribution in [3.05, 3.63) is 61.1 Å². The van der Waals surface area contributed by atoms with Crippen LogP contribution in [-0.2, 0) is 6.61 Å². The summed E-state index contributed by atoms with van der Waals surface area (Å²) in [5, 5.41) is 10.0. The molecule has 1 N–H and O–H groups in total. The first-order valence-electron chi connectivity index (χ1n) is 5.57. The van der Waals surface area contributed by atoms with Crippen molar-refractivity contribution in [3.63, 3.8) is 0 Å². The number of ether oxygens (including phenoxy) is 1. The Kier molecular flexibility index (Phi) is 5.12. The lowest BCUT2D eigenvalue weighted by Gasteiger charge is -2.11. The number of carbonyl (C=O) groups is 1. The number of rotatable bonds is 4. The number of carboxylic acids is 1. The highest BCUT2D eigenvalue weighted by Gasteiger charge is 2.13. The fraction of sp³-hybridized carbons (Fsp3) is 0.0714. The van der Waals surface area contributed by atoms with Crippen LogP contribution < -0.4 is 4.74 Å². The zero-order chi connectivity index (χ0) is 14.7. The molecule has 0 aliphatic carbocycles.